The van der Waals surface area contributed by atoms with Gasteiger partial charge in [-0.25, -0.2) is 0 Å². The van der Waals surface area contributed by atoms with E-state index in [1.807, 2.05) is 70.2 Å². The molecule has 1 aromatic rings. The van der Waals surface area contributed by atoms with E-state index in [2.05, 4.69) is 5.32 Å². The zero-order valence-corrected chi connectivity index (χ0v) is 25.6. The predicted molar refractivity (Wildman–Crippen MR) is 158 cm³/mol. The number of carbonyl (C=O) groups is 4. The second-order valence-electron chi connectivity index (χ2n) is 12.9. The minimum atomic E-state index is -1.38. The van der Waals surface area contributed by atoms with Crippen LogP contribution in [0.2, 0.25) is 0 Å². The summed E-state index contributed by atoms with van der Waals surface area (Å²) in [6, 6.07) is 6.92. The van der Waals surface area contributed by atoms with E-state index in [0.717, 1.165) is 0 Å². The summed E-state index contributed by atoms with van der Waals surface area (Å²) in [6.07, 6.45) is 6.78. The number of fused-ring (bicyclic) bond motifs is 2. The summed E-state index contributed by atoms with van der Waals surface area (Å²) in [4.78, 5) is 59.0. The number of ether oxygens (including phenoxy) is 2. The normalized spacial score (nSPS) is 34.7. The topological polar surface area (TPSA) is 125 Å². The summed E-state index contributed by atoms with van der Waals surface area (Å²) in [5, 5.41) is 13.3. The Bertz CT molecular complexity index is 1300. The maximum absolute atomic E-state index is 14.6. The number of cyclic esters (lactones) is 1. The number of likely N-dealkylation sites (tertiary alicyclic amines) is 1. The number of amides is 3. The van der Waals surface area contributed by atoms with Crippen LogP contribution in [0.25, 0.3) is 0 Å². The fourth-order valence-corrected chi connectivity index (χ4v) is 7.03. The highest BCUT2D eigenvalue weighted by atomic mass is 16.6. The van der Waals surface area contributed by atoms with Gasteiger partial charge in [0.25, 0.3) is 0 Å². The highest BCUT2D eigenvalue weighted by Gasteiger charge is 2.74. The molecule has 5 bridgehead atoms. The Balaban J connectivity index is 1.62. The molecule has 3 amide bonds. The largest absolute Gasteiger partial charge is 0.455 e. The molecule has 8 atom stereocenters. The predicted octanol–water partition coefficient (Wildman–Crippen LogP) is 2.67. The van der Waals surface area contributed by atoms with E-state index in [-0.39, 0.29) is 31.4 Å². The summed E-state index contributed by atoms with van der Waals surface area (Å²) in [5.74, 6) is -3.55. The van der Waals surface area contributed by atoms with Gasteiger partial charge in [-0.3, -0.25) is 19.2 Å². The molecule has 4 aliphatic rings. The van der Waals surface area contributed by atoms with Gasteiger partial charge in [0.15, 0.2) is 0 Å². The van der Waals surface area contributed by atoms with Gasteiger partial charge in [0, 0.05) is 18.5 Å². The fraction of sp³-hybridized carbons (Fsp3) is 0.576. The number of benzene rings is 1. The van der Waals surface area contributed by atoms with E-state index in [0.29, 0.717) is 18.4 Å². The van der Waals surface area contributed by atoms with E-state index in [4.69, 9.17) is 9.47 Å². The van der Waals surface area contributed by atoms with Crippen LogP contribution in [0.4, 0.5) is 0 Å². The smallest absolute Gasteiger partial charge is 0.313 e. The Labute approximate surface area is 253 Å². The van der Waals surface area contributed by atoms with Crippen molar-refractivity contribution in [2.75, 3.05) is 13.2 Å². The second-order valence-corrected chi connectivity index (χ2v) is 12.9. The third kappa shape index (κ3) is 5.40. The van der Waals surface area contributed by atoms with Crippen LogP contribution in [0.3, 0.4) is 0 Å². The number of hydrogen-bond acceptors (Lipinski definition) is 7. The van der Waals surface area contributed by atoms with Gasteiger partial charge in [-0.1, -0.05) is 61.6 Å². The van der Waals surface area contributed by atoms with Gasteiger partial charge in [-0.15, -0.1) is 0 Å². The van der Waals surface area contributed by atoms with Gasteiger partial charge >= 0.3 is 5.97 Å². The molecule has 4 aliphatic heterocycles. The van der Waals surface area contributed by atoms with Crippen molar-refractivity contribution in [3.8, 4) is 0 Å². The number of hydrogen-bond donors (Lipinski definition) is 2. The Morgan fingerprint density at radius 1 is 1.09 bits per heavy atom. The van der Waals surface area contributed by atoms with Crippen LogP contribution in [0.15, 0.2) is 54.6 Å². The average molecular weight is 594 g/mol. The maximum atomic E-state index is 14.6. The number of aliphatic hydroxyl groups is 1. The molecule has 0 aromatic heterocycles. The molecule has 10 heteroatoms. The Morgan fingerprint density at radius 3 is 2.47 bits per heavy atom. The van der Waals surface area contributed by atoms with Crippen molar-refractivity contribution in [3.05, 3.63) is 60.2 Å². The van der Waals surface area contributed by atoms with E-state index in [9.17, 15) is 24.3 Å². The number of rotatable bonds is 4. The molecule has 0 radical (unpaired) electrons. The van der Waals surface area contributed by atoms with Crippen LogP contribution in [-0.2, 0) is 28.7 Å². The summed E-state index contributed by atoms with van der Waals surface area (Å²) < 4.78 is 12.6. The van der Waals surface area contributed by atoms with Crippen LogP contribution in [0.5, 0.6) is 0 Å². The number of aliphatic hydroxyl groups excluding tert-OH is 1. The summed E-state index contributed by atoms with van der Waals surface area (Å²) in [7, 11) is 0. The lowest BCUT2D eigenvalue weighted by molar-refractivity contribution is -0.162. The Kier molecular flexibility index (Phi) is 8.55. The molecule has 0 aliphatic carbocycles. The minimum Gasteiger partial charge on any atom is -0.455 e. The SMILES string of the molecule is CC[C@@H](CO)N1C(=O)[C@@H]2[C@H]3C(=O)O[C@@H](c4ccccc4)[C@H](C)NC(=O)CC/C=C\CN(C(C)(C)C)C(=O)[C@@H]1[C@]21C=C[C@H]3O1. The van der Waals surface area contributed by atoms with Gasteiger partial charge in [0.2, 0.25) is 17.7 Å². The van der Waals surface area contributed by atoms with Crippen LogP contribution in [0, 0.1) is 11.8 Å². The molecule has 5 rings (SSSR count). The van der Waals surface area contributed by atoms with Crippen molar-refractivity contribution in [2.45, 2.75) is 95.4 Å². The van der Waals surface area contributed by atoms with E-state index < -0.39 is 65.2 Å². The molecule has 2 N–H and O–H groups in total. The lowest BCUT2D eigenvalue weighted by atomic mass is 9.74. The summed E-state index contributed by atoms with van der Waals surface area (Å²) in [5.41, 5.74) is -1.30. The monoisotopic (exact) mass is 593 g/mol. The highest BCUT2D eigenvalue weighted by Crippen LogP contribution is 2.56. The third-order valence-electron chi connectivity index (χ3n) is 9.18. The lowest BCUT2D eigenvalue weighted by Gasteiger charge is -2.43. The van der Waals surface area contributed by atoms with Crippen molar-refractivity contribution in [2.24, 2.45) is 11.8 Å². The quantitative estimate of drug-likeness (QED) is 0.406. The van der Waals surface area contributed by atoms with Gasteiger partial charge in [-0.2, -0.15) is 0 Å². The van der Waals surface area contributed by atoms with Gasteiger partial charge in [-0.05, 0) is 46.1 Å². The van der Waals surface area contributed by atoms with Gasteiger partial charge in [0.05, 0.1) is 30.7 Å². The fourth-order valence-electron chi connectivity index (χ4n) is 7.03. The lowest BCUT2D eigenvalue weighted by Crippen LogP contribution is -2.61. The molecule has 0 saturated carbocycles. The average Bonchev–Trinajstić information content (AvgIpc) is 3.61. The van der Waals surface area contributed by atoms with Crippen molar-refractivity contribution in [1.29, 1.82) is 0 Å². The van der Waals surface area contributed by atoms with E-state index >= 15 is 0 Å². The van der Waals surface area contributed by atoms with Crippen molar-refractivity contribution >= 4 is 23.7 Å². The zero-order valence-electron chi connectivity index (χ0n) is 25.6. The van der Waals surface area contributed by atoms with E-state index in [1.165, 1.54) is 4.90 Å². The standard InChI is InChI=1S/C33H43N3O7/c1-6-22(19-37)36-28-30(40)35(32(3,4)5)18-12-8-11-15-24(38)34-20(2)27(21-13-9-7-10-14-21)42-31(41)25-23-16-17-33(28,43-23)26(25)29(36)39/h7-10,12-14,16-17,20,22-23,25-28,37H,6,11,15,18-19H2,1-5H3,(H,34,38)/b12-8-/t20-,22-,23+,25-,26-,27+,28+,33-/m0/s1. The summed E-state index contributed by atoms with van der Waals surface area (Å²) in [6.45, 7) is 9.32. The molecule has 232 valence electrons. The highest BCUT2D eigenvalue weighted by molar-refractivity contribution is 5.99. The Morgan fingerprint density at radius 2 is 1.81 bits per heavy atom. The summed E-state index contributed by atoms with van der Waals surface area (Å²) >= 11 is 0. The van der Waals surface area contributed by atoms with Crippen LogP contribution in [-0.4, -0.2) is 87.1 Å². The van der Waals surface area contributed by atoms with Gasteiger partial charge < -0.3 is 29.7 Å². The molecule has 1 spiro atoms. The molecule has 4 heterocycles. The first-order valence-electron chi connectivity index (χ1n) is 15.3. The first-order chi connectivity index (χ1) is 20.4. The number of carbonyl (C=O) groups excluding carboxylic acids is 4. The second kappa shape index (κ2) is 11.9. The molecule has 2 fully saturated rings. The van der Waals surface area contributed by atoms with Crippen molar-refractivity contribution in [1.82, 2.24) is 15.1 Å². The van der Waals surface area contributed by atoms with Crippen LogP contribution >= 0.6 is 0 Å². The number of nitrogens with zero attached hydrogens (tertiary/aromatic N) is 2. The zero-order chi connectivity index (χ0) is 31.1. The molecular formula is C33H43N3O7. The minimum absolute atomic E-state index is 0.188. The molecule has 2 saturated heterocycles. The van der Waals surface area contributed by atoms with Crippen molar-refractivity contribution < 1.29 is 33.8 Å². The molecule has 43 heavy (non-hydrogen) atoms. The maximum Gasteiger partial charge on any atom is 0.313 e. The first kappa shape index (κ1) is 30.9. The molecule has 10 nitrogen and oxygen atoms in total. The van der Waals surface area contributed by atoms with E-state index in [1.54, 1.807) is 24.0 Å². The molecule has 0 unspecified atom stereocenters. The van der Waals surface area contributed by atoms with Crippen LogP contribution < -0.4 is 5.32 Å². The van der Waals surface area contributed by atoms with Gasteiger partial charge in [0.1, 0.15) is 23.7 Å². The number of allylic oxidation sites excluding steroid dienone is 1. The molecule has 1 aromatic carbocycles. The first-order valence-corrected chi connectivity index (χ1v) is 15.3. The number of esters is 1. The molecular weight excluding hydrogens is 550 g/mol. The number of nitrogens with one attached hydrogen (secondary N) is 1. The Hall–Kier alpha value is -3.50. The van der Waals surface area contributed by atoms with Crippen LogP contribution in [0.1, 0.15) is 65.5 Å². The third-order valence-corrected chi connectivity index (χ3v) is 9.18. The van der Waals surface area contributed by atoms with Crippen molar-refractivity contribution in [3.63, 3.8) is 0 Å².